The summed E-state index contributed by atoms with van der Waals surface area (Å²) in [6.45, 7) is 0.977. The number of hydrogen-bond acceptors (Lipinski definition) is 4. The molecule has 130 valence electrons. The first kappa shape index (κ1) is 16.1. The van der Waals surface area contributed by atoms with Crippen molar-refractivity contribution in [3.8, 4) is 22.6 Å². The molecule has 0 saturated carbocycles. The maximum Gasteiger partial charge on any atom is 0.258 e. The first-order chi connectivity index (χ1) is 12.8. The highest BCUT2D eigenvalue weighted by Crippen LogP contribution is 2.35. The van der Waals surface area contributed by atoms with Gasteiger partial charge in [-0.3, -0.25) is 9.78 Å². The van der Waals surface area contributed by atoms with Crippen LogP contribution in [0.25, 0.3) is 11.1 Å². The van der Waals surface area contributed by atoms with E-state index in [4.69, 9.17) is 9.47 Å². The Labute approximate surface area is 151 Å². The molecule has 0 unspecified atom stereocenters. The summed E-state index contributed by atoms with van der Waals surface area (Å²) in [6, 6.07) is 17.0. The van der Waals surface area contributed by atoms with Gasteiger partial charge in [-0.15, -0.1) is 0 Å². The molecule has 0 fully saturated rings. The van der Waals surface area contributed by atoms with Gasteiger partial charge in [-0.2, -0.15) is 0 Å². The van der Waals surface area contributed by atoms with Crippen LogP contribution in [0.4, 0.5) is 5.69 Å². The Morgan fingerprint density at radius 3 is 2.50 bits per heavy atom. The Bertz CT molecular complexity index is 924. The lowest BCUT2D eigenvalue weighted by atomic mass is 10.0. The summed E-state index contributed by atoms with van der Waals surface area (Å²) in [4.78, 5) is 18.8. The van der Waals surface area contributed by atoms with E-state index in [1.54, 1.807) is 30.5 Å². The predicted octanol–water partition coefficient (Wildman–Crippen LogP) is 3.80. The van der Waals surface area contributed by atoms with Crippen LogP contribution >= 0.6 is 0 Å². The molecule has 4 rings (SSSR count). The van der Waals surface area contributed by atoms with Crippen LogP contribution in [0.15, 0.2) is 67.0 Å². The lowest BCUT2D eigenvalue weighted by Crippen LogP contribution is -2.37. The van der Waals surface area contributed by atoms with Crippen LogP contribution in [0.5, 0.6) is 11.5 Å². The van der Waals surface area contributed by atoms with Gasteiger partial charge in [-0.05, 0) is 47.5 Å². The largest absolute Gasteiger partial charge is 0.497 e. The van der Waals surface area contributed by atoms with Crippen LogP contribution in [0.1, 0.15) is 10.4 Å². The van der Waals surface area contributed by atoms with Gasteiger partial charge in [-0.1, -0.05) is 12.1 Å². The minimum atomic E-state index is -0.0407. The number of methoxy groups -OCH3 is 1. The van der Waals surface area contributed by atoms with E-state index in [2.05, 4.69) is 4.98 Å². The van der Waals surface area contributed by atoms with Gasteiger partial charge in [-0.25, -0.2) is 0 Å². The topological polar surface area (TPSA) is 51.7 Å². The third kappa shape index (κ3) is 2.99. The molecule has 3 aromatic rings. The number of fused-ring (bicyclic) bond motifs is 1. The maximum absolute atomic E-state index is 13.0. The number of rotatable bonds is 3. The van der Waals surface area contributed by atoms with E-state index in [1.807, 2.05) is 48.5 Å². The van der Waals surface area contributed by atoms with Crippen LogP contribution in [0.2, 0.25) is 0 Å². The van der Waals surface area contributed by atoms with Gasteiger partial charge in [0, 0.05) is 24.0 Å². The third-order valence-corrected chi connectivity index (χ3v) is 4.42. The summed E-state index contributed by atoms with van der Waals surface area (Å²) in [5.74, 6) is 1.33. The number of anilines is 1. The Balaban J connectivity index is 1.61. The summed E-state index contributed by atoms with van der Waals surface area (Å²) < 4.78 is 10.9. The van der Waals surface area contributed by atoms with Gasteiger partial charge in [0.05, 0.1) is 19.3 Å². The molecule has 0 aliphatic carbocycles. The standard InChI is InChI=1S/C21H18N2O3/c1-25-18-6-7-19-20(14-18)26-13-12-23(19)21(24)17-4-2-15(3-5-17)16-8-10-22-11-9-16/h2-11,14H,12-13H2,1H3. The van der Waals surface area contributed by atoms with E-state index in [0.717, 1.165) is 16.8 Å². The second kappa shape index (κ2) is 6.88. The molecule has 0 radical (unpaired) electrons. The zero-order valence-corrected chi connectivity index (χ0v) is 14.4. The number of pyridine rings is 1. The molecule has 0 bridgehead atoms. The molecule has 5 heteroatoms. The van der Waals surface area contributed by atoms with Crippen molar-refractivity contribution in [1.82, 2.24) is 4.98 Å². The highest BCUT2D eigenvalue weighted by molar-refractivity contribution is 6.07. The van der Waals surface area contributed by atoms with E-state index < -0.39 is 0 Å². The second-order valence-corrected chi connectivity index (χ2v) is 5.95. The van der Waals surface area contributed by atoms with Crippen molar-refractivity contribution < 1.29 is 14.3 Å². The number of carbonyl (C=O) groups excluding carboxylic acids is 1. The van der Waals surface area contributed by atoms with Crippen molar-refractivity contribution >= 4 is 11.6 Å². The summed E-state index contributed by atoms with van der Waals surface area (Å²) in [5.41, 5.74) is 3.53. The van der Waals surface area contributed by atoms with Gasteiger partial charge < -0.3 is 14.4 Å². The minimum Gasteiger partial charge on any atom is -0.497 e. The Morgan fingerprint density at radius 1 is 1.04 bits per heavy atom. The monoisotopic (exact) mass is 346 g/mol. The first-order valence-electron chi connectivity index (χ1n) is 8.39. The van der Waals surface area contributed by atoms with Crippen molar-refractivity contribution in [3.05, 3.63) is 72.6 Å². The van der Waals surface area contributed by atoms with Crippen LogP contribution in [-0.4, -0.2) is 31.2 Å². The zero-order chi connectivity index (χ0) is 17.9. The van der Waals surface area contributed by atoms with E-state index in [0.29, 0.717) is 30.2 Å². The van der Waals surface area contributed by atoms with Gasteiger partial charge in [0.15, 0.2) is 0 Å². The number of ether oxygens (including phenoxy) is 2. The normalized spacial score (nSPS) is 12.9. The molecular formula is C21H18N2O3. The molecule has 1 aliphatic heterocycles. The number of benzene rings is 2. The first-order valence-corrected chi connectivity index (χ1v) is 8.39. The van der Waals surface area contributed by atoms with Crippen LogP contribution in [0, 0.1) is 0 Å². The van der Waals surface area contributed by atoms with Crippen molar-refractivity contribution in [2.75, 3.05) is 25.2 Å². The fourth-order valence-corrected chi connectivity index (χ4v) is 3.04. The molecule has 0 saturated heterocycles. The molecule has 0 N–H and O–H groups in total. The molecule has 1 aliphatic rings. The van der Waals surface area contributed by atoms with Crippen molar-refractivity contribution in [2.24, 2.45) is 0 Å². The zero-order valence-electron chi connectivity index (χ0n) is 14.4. The third-order valence-electron chi connectivity index (χ3n) is 4.42. The van der Waals surface area contributed by atoms with E-state index in [1.165, 1.54) is 0 Å². The van der Waals surface area contributed by atoms with E-state index in [9.17, 15) is 4.79 Å². The highest BCUT2D eigenvalue weighted by atomic mass is 16.5. The summed E-state index contributed by atoms with van der Waals surface area (Å²) in [5, 5.41) is 0. The molecule has 1 aromatic heterocycles. The van der Waals surface area contributed by atoms with Gasteiger partial charge in [0.2, 0.25) is 0 Å². The molecule has 5 nitrogen and oxygen atoms in total. The van der Waals surface area contributed by atoms with Crippen LogP contribution in [0.3, 0.4) is 0 Å². The Morgan fingerprint density at radius 2 is 1.77 bits per heavy atom. The Kier molecular flexibility index (Phi) is 4.27. The van der Waals surface area contributed by atoms with Crippen molar-refractivity contribution in [1.29, 1.82) is 0 Å². The minimum absolute atomic E-state index is 0.0407. The van der Waals surface area contributed by atoms with E-state index >= 15 is 0 Å². The number of amides is 1. The molecule has 0 spiro atoms. The smallest absolute Gasteiger partial charge is 0.258 e. The lowest BCUT2D eigenvalue weighted by molar-refractivity contribution is 0.0976. The van der Waals surface area contributed by atoms with Gasteiger partial charge >= 0.3 is 0 Å². The molecule has 2 aromatic carbocycles. The van der Waals surface area contributed by atoms with Crippen molar-refractivity contribution in [2.45, 2.75) is 0 Å². The number of aromatic nitrogens is 1. The maximum atomic E-state index is 13.0. The average molecular weight is 346 g/mol. The predicted molar refractivity (Wildman–Crippen MR) is 99.8 cm³/mol. The van der Waals surface area contributed by atoms with Gasteiger partial charge in [0.1, 0.15) is 18.1 Å². The second-order valence-electron chi connectivity index (χ2n) is 5.95. The highest BCUT2D eigenvalue weighted by Gasteiger charge is 2.25. The summed E-state index contributed by atoms with van der Waals surface area (Å²) >= 11 is 0. The fraction of sp³-hybridized carbons (Fsp3) is 0.143. The summed E-state index contributed by atoms with van der Waals surface area (Å²) in [6.07, 6.45) is 3.51. The Hall–Kier alpha value is -3.34. The van der Waals surface area contributed by atoms with Crippen molar-refractivity contribution in [3.63, 3.8) is 0 Å². The molecule has 2 heterocycles. The van der Waals surface area contributed by atoms with E-state index in [-0.39, 0.29) is 5.91 Å². The molecule has 1 amide bonds. The van der Waals surface area contributed by atoms with Crippen LogP contribution in [-0.2, 0) is 0 Å². The number of hydrogen-bond donors (Lipinski definition) is 0. The number of nitrogens with zero attached hydrogens (tertiary/aromatic N) is 2. The quantitative estimate of drug-likeness (QED) is 0.724. The molecule has 0 atom stereocenters. The fourth-order valence-electron chi connectivity index (χ4n) is 3.04. The summed E-state index contributed by atoms with van der Waals surface area (Å²) in [7, 11) is 1.61. The SMILES string of the molecule is COc1ccc2c(c1)OCCN2C(=O)c1ccc(-c2ccncc2)cc1. The van der Waals surface area contributed by atoms with Gasteiger partial charge in [0.25, 0.3) is 5.91 Å². The van der Waals surface area contributed by atoms with Crippen LogP contribution < -0.4 is 14.4 Å². The average Bonchev–Trinajstić information content (AvgIpc) is 2.73. The molecule has 26 heavy (non-hydrogen) atoms. The lowest BCUT2D eigenvalue weighted by Gasteiger charge is -2.29. The molecular weight excluding hydrogens is 328 g/mol. The number of carbonyl (C=O) groups is 1.